The molecule has 4 fully saturated rings. The summed E-state index contributed by atoms with van der Waals surface area (Å²) in [4.78, 5) is 72.4. The van der Waals surface area contributed by atoms with Gasteiger partial charge in [0.15, 0.2) is 24.1 Å². The Morgan fingerprint density at radius 1 is 0.826 bits per heavy atom. The summed E-state index contributed by atoms with van der Waals surface area (Å²) in [6, 6.07) is 4.76. The van der Waals surface area contributed by atoms with Crippen molar-refractivity contribution in [1.29, 1.82) is 0 Å². The number of nitrogens with one attached hydrogen (secondary N) is 2. The molecule has 13 atom stereocenters. The summed E-state index contributed by atoms with van der Waals surface area (Å²) in [6.45, 7) is 27.6. The number of cyclic esters (lactones) is 1. The number of hydrogen-bond donors (Lipinski definition) is 5. The second kappa shape index (κ2) is 38.0. The van der Waals surface area contributed by atoms with Gasteiger partial charge in [0.2, 0.25) is 0 Å². The number of aliphatic hydroxyl groups excluding tert-OH is 3. The lowest BCUT2D eigenvalue weighted by molar-refractivity contribution is -0.263. The van der Waals surface area contributed by atoms with Crippen molar-refractivity contribution in [2.24, 2.45) is 17.8 Å². The Balaban J connectivity index is 0.000000596. The minimum atomic E-state index is -1.26. The fourth-order valence-corrected chi connectivity index (χ4v) is 11.2. The number of amides is 4. The number of benzene rings is 1. The van der Waals surface area contributed by atoms with Crippen LogP contribution in [0.15, 0.2) is 30.6 Å². The topological polar surface area (TPSA) is 273 Å². The van der Waals surface area contributed by atoms with Crippen molar-refractivity contribution in [2.45, 2.75) is 214 Å². The molecule has 0 radical (unpaired) electrons. The lowest BCUT2D eigenvalue weighted by Crippen LogP contribution is -2.55. The van der Waals surface area contributed by atoms with Crippen molar-refractivity contribution < 1.29 is 81.9 Å². The average molecular weight is 1260 g/mol. The predicted molar refractivity (Wildman–Crippen MR) is 330 cm³/mol. The maximum absolute atomic E-state index is 13.4. The zero-order valence-electron chi connectivity index (χ0n) is 54.1. The van der Waals surface area contributed by atoms with E-state index in [2.05, 4.69) is 22.5 Å². The van der Waals surface area contributed by atoms with E-state index in [1.807, 2.05) is 62.3 Å². The number of anilines is 1. The van der Waals surface area contributed by atoms with Crippen LogP contribution in [0.2, 0.25) is 10.0 Å². The summed E-state index contributed by atoms with van der Waals surface area (Å²) in [5, 5.41) is 34.3. The SMILES string of the molecule is CC.CC.CC1CC(N(C)C(=O)N2CCOCC2)CC(O)O1.CC[C@H]1OC(=O)C(C)C[C@H](C)CC(C)(OC)C[C@@H](C)C(=O)CC[C@]1(C)OC(=O)NCCCOc1cc(C(=O)Nc2c(Cl)cncc2Cl)ccc1OC.COC1(C)CC(O)OC(C)[C@@H]1O. The maximum Gasteiger partial charge on any atom is 0.407 e. The van der Waals surface area contributed by atoms with Crippen molar-refractivity contribution in [3.8, 4) is 11.5 Å². The van der Waals surface area contributed by atoms with E-state index in [1.165, 1.54) is 32.7 Å². The van der Waals surface area contributed by atoms with Crippen LogP contribution < -0.4 is 20.1 Å². The Bertz CT molecular complexity index is 2360. The Morgan fingerprint density at radius 2 is 1.47 bits per heavy atom. The lowest BCUT2D eigenvalue weighted by Gasteiger charge is -2.42. The van der Waals surface area contributed by atoms with Gasteiger partial charge in [-0.1, -0.05) is 78.6 Å². The van der Waals surface area contributed by atoms with Gasteiger partial charge in [0.1, 0.15) is 23.6 Å². The summed E-state index contributed by atoms with van der Waals surface area (Å²) in [7, 11) is 6.46. The first kappa shape index (κ1) is 77.5. The van der Waals surface area contributed by atoms with E-state index in [0.29, 0.717) is 82.7 Å². The molecule has 8 unspecified atom stereocenters. The van der Waals surface area contributed by atoms with E-state index in [1.54, 1.807) is 56.9 Å². The highest BCUT2D eigenvalue weighted by Crippen LogP contribution is 2.36. The number of hydrogen-bond acceptors (Lipinski definition) is 18. The zero-order chi connectivity index (χ0) is 65.1. The minimum absolute atomic E-state index is 0.0151. The number of rotatable bonds is 13. The molecule has 2 aromatic rings. The van der Waals surface area contributed by atoms with Crippen LogP contribution in [0, 0.1) is 17.8 Å². The number of urea groups is 1. The molecule has 0 spiro atoms. The summed E-state index contributed by atoms with van der Waals surface area (Å²) < 4.78 is 49.8. The van der Waals surface area contributed by atoms with Gasteiger partial charge in [-0.15, -0.1) is 0 Å². The van der Waals surface area contributed by atoms with E-state index in [9.17, 15) is 39.3 Å². The average Bonchev–Trinajstić information content (AvgIpc) is 3.42. The highest BCUT2D eigenvalue weighted by Gasteiger charge is 2.45. The van der Waals surface area contributed by atoms with Gasteiger partial charge in [0, 0.05) is 90.1 Å². The molecule has 0 saturated carbocycles. The molecule has 1 aromatic heterocycles. The van der Waals surface area contributed by atoms with E-state index in [0.717, 1.165) is 6.42 Å². The molecule has 5 heterocycles. The number of esters is 1. The lowest BCUT2D eigenvalue weighted by atomic mass is 9.79. The van der Waals surface area contributed by atoms with Gasteiger partial charge in [-0.2, -0.15) is 0 Å². The molecule has 86 heavy (non-hydrogen) atoms. The van der Waals surface area contributed by atoms with Crippen LogP contribution in [-0.4, -0.2) is 188 Å². The summed E-state index contributed by atoms with van der Waals surface area (Å²) in [6.07, 6.45) is 3.05. The van der Waals surface area contributed by atoms with Gasteiger partial charge >= 0.3 is 18.1 Å². The molecule has 1 aromatic carbocycles. The van der Waals surface area contributed by atoms with Crippen LogP contribution >= 0.6 is 23.2 Å². The molecular weight excluding hydrogens is 1160 g/mol. The Kier molecular flexibility index (Phi) is 34.3. The number of ether oxygens (including phenoxy) is 9. The molecule has 4 aliphatic heterocycles. The number of aliphatic hydroxyl groups is 3. The molecule has 4 saturated heterocycles. The normalized spacial score (nSPS) is 29.7. The molecule has 24 heteroatoms. The molecular formula is C62H103Cl2N5O17. The van der Waals surface area contributed by atoms with Crippen LogP contribution in [0.4, 0.5) is 15.3 Å². The molecule has 4 aliphatic rings. The number of pyridine rings is 1. The molecule has 6 rings (SSSR count). The summed E-state index contributed by atoms with van der Waals surface area (Å²) in [5.41, 5.74) is -1.98. The largest absolute Gasteiger partial charge is 0.493 e. The molecule has 4 amide bonds. The summed E-state index contributed by atoms with van der Waals surface area (Å²) in [5.74, 6) is -0.592. The first-order valence-corrected chi connectivity index (χ1v) is 31.0. The smallest absolute Gasteiger partial charge is 0.407 e. The number of halogens is 2. The van der Waals surface area contributed by atoms with Crippen LogP contribution in [0.5, 0.6) is 11.5 Å². The second-order valence-corrected chi connectivity index (χ2v) is 23.4. The monoisotopic (exact) mass is 1260 g/mol. The van der Waals surface area contributed by atoms with Crippen LogP contribution in [0.1, 0.15) is 165 Å². The van der Waals surface area contributed by atoms with Crippen LogP contribution in [-0.2, 0) is 42.7 Å². The van der Waals surface area contributed by atoms with Crippen molar-refractivity contribution >= 4 is 58.7 Å². The number of Topliss-reactive ketones (excluding diaryl/α,β-unsaturated/α-hetero) is 1. The molecule has 492 valence electrons. The van der Waals surface area contributed by atoms with E-state index in [-0.39, 0.29) is 95.0 Å². The standard InChI is InChI=1S/C38H53Cl2N3O9.C12H22N2O4.C8H16O4.2C2H6/c1-9-32-38(6,14-13-29(44)25(4)20-37(5,49-8)19-23(2)17-24(3)35(46)51-32)52-36(47)42-15-10-16-50-31-18-26(11-12-30(31)48-7)34(45)43-33-27(39)21-41-22-28(33)40;1-9-7-10(8-11(15)18-9)13(2)12(16)14-3-5-17-6-4-14;1-5-7(10)8(2,11-3)4-6(9)12-5;2*1-2/h11-12,18,21-25,32H,9-10,13-17,19-20H2,1-8H3,(H,42,47)(H,41,43,45);9-11,15H,3-8H2,1-2H3;5-7,9-10H,4H2,1-3H3;2*1-2H3/t23-,24?,25+,32+,37?,38-;;5?,6?,7-,8?;;/m0.0../s1. The number of ketones is 1. The number of nitrogens with zero attached hydrogens (tertiary/aromatic N) is 3. The summed E-state index contributed by atoms with van der Waals surface area (Å²) >= 11 is 12.3. The third-order valence-corrected chi connectivity index (χ3v) is 16.2. The van der Waals surface area contributed by atoms with Crippen molar-refractivity contribution in [3.63, 3.8) is 0 Å². The van der Waals surface area contributed by atoms with E-state index < -0.39 is 59.7 Å². The zero-order valence-corrected chi connectivity index (χ0v) is 55.6. The maximum atomic E-state index is 13.4. The Labute approximate surface area is 521 Å². The minimum Gasteiger partial charge on any atom is -0.493 e. The van der Waals surface area contributed by atoms with Gasteiger partial charge in [-0.3, -0.25) is 19.4 Å². The van der Waals surface area contributed by atoms with Gasteiger partial charge < -0.3 is 78.4 Å². The number of aromatic nitrogens is 1. The number of morpholine rings is 1. The molecule has 5 N–H and O–H groups in total. The fourth-order valence-electron chi connectivity index (χ4n) is 10.7. The second-order valence-electron chi connectivity index (χ2n) is 22.6. The molecule has 22 nitrogen and oxygen atoms in total. The Hall–Kier alpha value is -4.62. The first-order valence-electron chi connectivity index (χ1n) is 30.3. The van der Waals surface area contributed by atoms with Crippen LogP contribution in [0.25, 0.3) is 0 Å². The number of carbonyl (C=O) groups is 5. The van der Waals surface area contributed by atoms with E-state index in [4.69, 9.17) is 65.8 Å². The van der Waals surface area contributed by atoms with Gasteiger partial charge in [-0.05, 0) is 104 Å². The van der Waals surface area contributed by atoms with Gasteiger partial charge in [0.05, 0.1) is 72.0 Å². The molecule has 0 bridgehead atoms. The third kappa shape index (κ3) is 24.1. The van der Waals surface area contributed by atoms with Crippen molar-refractivity contribution in [1.82, 2.24) is 20.1 Å². The Morgan fingerprint density at radius 3 is 2.05 bits per heavy atom. The van der Waals surface area contributed by atoms with Gasteiger partial charge in [0.25, 0.3) is 5.91 Å². The highest BCUT2D eigenvalue weighted by molar-refractivity contribution is 6.39. The third-order valence-electron chi connectivity index (χ3n) is 15.7. The number of alkyl carbamates (subject to hydrolysis) is 1. The fraction of sp³-hybridized carbons (Fsp3) is 0.742. The van der Waals surface area contributed by atoms with Crippen molar-refractivity contribution in [2.75, 3.05) is 73.1 Å². The van der Waals surface area contributed by atoms with Gasteiger partial charge in [-0.25, -0.2) is 9.59 Å². The van der Waals surface area contributed by atoms with Crippen LogP contribution in [0.3, 0.4) is 0 Å². The highest BCUT2D eigenvalue weighted by atomic mass is 35.5. The van der Waals surface area contributed by atoms with E-state index >= 15 is 0 Å². The first-order chi connectivity index (χ1) is 40.6. The predicted octanol–water partition coefficient (Wildman–Crippen LogP) is 10.3. The van der Waals surface area contributed by atoms with Crippen molar-refractivity contribution in [3.05, 3.63) is 46.2 Å². The molecule has 0 aliphatic carbocycles. The quantitative estimate of drug-likeness (QED) is 0.0921. The number of carbonyl (C=O) groups excluding carboxylic acids is 5. The number of methoxy groups -OCH3 is 3.